The van der Waals surface area contributed by atoms with E-state index < -0.39 is 0 Å². The predicted octanol–water partition coefficient (Wildman–Crippen LogP) is 4.84. The third-order valence-electron chi connectivity index (χ3n) is 3.79. The van der Waals surface area contributed by atoms with Gasteiger partial charge in [-0.05, 0) is 59.8 Å². The summed E-state index contributed by atoms with van der Waals surface area (Å²) in [6.45, 7) is 0. The quantitative estimate of drug-likeness (QED) is 0.563. The molecule has 0 atom stereocenters. The average molecular weight is 368 g/mol. The van der Waals surface area contributed by atoms with Gasteiger partial charge in [0.1, 0.15) is 10.9 Å². The molecule has 0 bridgehead atoms. The summed E-state index contributed by atoms with van der Waals surface area (Å²) in [6, 6.07) is 5.83. The highest BCUT2D eigenvalue weighted by atomic mass is 79.9. The molecule has 0 spiro atoms. The van der Waals surface area contributed by atoms with Gasteiger partial charge in [-0.25, -0.2) is 9.97 Å². The highest BCUT2D eigenvalue weighted by Gasteiger charge is 2.16. The van der Waals surface area contributed by atoms with Crippen LogP contribution in [0.5, 0.6) is 5.75 Å². The minimum Gasteiger partial charge on any atom is -0.496 e. The number of benzene rings is 1. The third-order valence-corrected chi connectivity index (χ3v) is 4.72. The van der Waals surface area contributed by atoms with Gasteiger partial charge in [0.2, 0.25) is 0 Å². The van der Waals surface area contributed by atoms with Crippen molar-refractivity contribution in [2.45, 2.75) is 32.1 Å². The van der Waals surface area contributed by atoms with Crippen LogP contribution >= 0.6 is 27.5 Å². The summed E-state index contributed by atoms with van der Waals surface area (Å²) in [4.78, 5) is 9.23. The molecule has 5 heteroatoms. The number of hydrogen-bond acceptors (Lipinski definition) is 3. The Morgan fingerprint density at radius 3 is 2.71 bits per heavy atom. The van der Waals surface area contributed by atoms with Gasteiger partial charge in [-0.2, -0.15) is 0 Å². The second-order valence-electron chi connectivity index (χ2n) is 5.17. The Hall–Kier alpha value is -1.13. The highest BCUT2D eigenvalue weighted by Crippen LogP contribution is 2.31. The zero-order valence-electron chi connectivity index (χ0n) is 11.8. The first kappa shape index (κ1) is 14.8. The summed E-state index contributed by atoms with van der Waals surface area (Å²) in [5.74, 6) is 1.48. The van der Waals surface area contributed by atoms with Gasteiger partial charge in [0.25, 0.3) is 0 Å². The lowest BCUT2D eigenvalue weighted by Crippen LogP contribution is -2.02. The molecule has 0 radical (unpaired) electrons. The Balaban J connectivity index is 2.05. The van der Waals surface area contributed by atoms with Crippen LogP contribution in [-0.4, -0.2) is 17.1 Å². The maximum Gasteiger partial charge on any atom is 0.161 e. The fourth-order valence-corrected chi connectivity index (χ4v) is 3.48. The molecule has 3 rings (SSSR count). The molecule has 21 heavy (non-hydrogen) atoms. The zero-order valence-corrected chi connectivity index (χ0v) is 14.2. The van der Waals surface area contributed by atoms with Crippen LogP contribution in [0.15, 0.2) is 22.7 Å². The topological polar surface area (TPSA) is 35.0 Å². The van der Waals surface area contributed by atoms with E-state index in [2.05, 4.69) is 20.9 Å². The molecule has 0 saturated carbocycles. The largest absolute Gasteiger partial charge is 0.496 e. The normalized spacial score (nSPS) is 14.4. The van der Waals surface area contributed by atoms with Crippen LogP contribution in [0, 0.1) is 0 Å². The fourth-order valence-electron chi connectivity index (χ4n) is 2.66. The number of halogens is 2. The number of nitrogens with zero attached hydrogens (tertiary/aromatic N) is 2. The van der Waals surface area contributed by atoms with E-state index in [-0.39, 0.29) is 0 Å². The number of aromatic nitrogens is 2. The van der Waals surface area contributed by atoms with E-state index in [4.69, 9.17) is 21.3 Å². The molecule has 1 aliphatic carbocycles. The van der Waals surface area contributed by atoms with E-state index in [1.165, 1.54) is 19.3 Å². The Morgan fingerprint density at radius 2 is 1.95 bits per heavy atom. The lowest BCUT2D eigenvalue weighted by Gasteiger charge is -2.10. The van der Waals surface area contributed by atoms with Gasteiger partial charge in [0.15, 0.2) is 5.82 Å². The summed E-state index contributed by atoms with van der Waals surface area (Å²) < 4.78 is 6.14. The van der Waals surface area contributed by atoms with E-state index in [9.17, 15) is 0 Å². The van der Waals surface area contributed by atoms with E-state index in [0.29, 0.717) is 11.0 Å². The van der Waals surface area contributed by atoms with Gasteiger partial charge in [-0.3, -0.25) is 0 Å². The number of fused-ring (bicyclic) bond motifs is 1. The molecule has 0 unspecified atom stereocenters. The molecule has 0 fully saturated rings. The van der Waals surface area contributed by atoms with Crippen molar-refractivity contribution in [3.8, 4) is 17.1 Å². The standard InChI is InChI=1S/C16H16BrClN2O/c1-21-14-8-7-10(9-12(14)17)16-19-13-6-4-2-3-5-11(13)15(18)20-16/h7-9H,2-6H2,1H3. The van der Waals surface area contributed by atoms with E-state index in [0.717, 1.165) is 39.9 Å². The molecule has 0 amide bonds. The fraction of sp³-hybridized carbons (Fsp3) is 0.375. The van der Waals surface area contributed by atoms with Crippen LogP contribution in [0.25, 0.3) is 11.4 Å². The summed E-state index contributed by atoms with van der Waals surface area (Å²) in [5, 5.41) is 0.601. The van der Waals surface area contributed by atoms with Gasteiger partial charge in [-0.15, -0.1) is 0 Å². The Morgan fingerprint density at radius 1 is 1.14 bits per heavy atom. The monoisotopic (exact) mass is 366 g/mol. The number of ether oxygens (including phenoxy) is 1. The van der Waals surface area contributed by atoms with Crippen molar-refractivity contribution in [1.82, 2.24) is 9.97 Å². The van der Waals surface area contributed by atoms with E-state index in [1.807, 2.05) is 18.2 Å². The molecular formula is C16H16BrClN2O. The number of hydrogen-bond donors (Lipinski definition) is 0. The predicted molar refractivity (Wildman–Crippen MR) is 88.0 cm³/mol. The zero-order chi connectivity index (χ0) is 14.8. The Labute approximate surface area is 137 Å². The molecule has 1 aromatic carbocycles. The first-order valence-electron chi connectivity index (χ1n) is 7.08. The van der Waals surface area contributed by atoms with Crippen molar-refractivity contribution in [1.29, 1.82) is 0 Å². The molecule has 3 nitrogen and oxygen atoms in total. The summed E-state index contributed by atoms with van der Waals surface area (Å²) in [7, 11) is 1.65. The smallest absolute Gasteiger partial charge is 0.161 e. The lowest BCUT2D eigenvalue weighted by molar-refractivity contribution is 0.412. The molecule has 1 aromatic heterocycles. The molecule has 1 heterocycles. The number of rotatable bonds is 2. The molecule has 1 aliphatic rings. The second-order valence-corrected chi connectivity index (χ2v) is 6.39. The molecule has 0 saturated heterocycles. The van der Waals surface area contributed by atoms with E-state index >= 15 is 0 Å². The first-order chi connectivity index (χ1) is 10.2. The van der Waals surface area contributed by atoms with Crippen molar-refractivity contribution in [2.75, 3.05) is 7.11 Å². The van der Waals surface area contributed by atoms with Crippen molar-refractivity contribution in [3.63, 3.8) is 0 Å². The summed E-state index contributed by atoms with van der Waals surface area (Å²) >= 11 is 9.88. The van der Waals surface area contributed by atoms with Crippen LogP contribution in [0.3, 0.4) is 0 Å². The highest BCUT2D eigenvalue weighted by molar-refractivity contribution is 9.10. The summed E-state index contributed by atoms with van der Waals surface area (Å²) in [5.41, 5.74) is 3.18. The van der Waals surface area contributed by atoms with Crippen LogP contribution in [0.2, 0.25) is 5.15 Å². The minimum atomic E-state index is 0.601. The van der Waals surface area contributed by atoms with Gasteiger partial charge >= 0.3 is 0 Å². The van der Waals surface area contributed by atoms with Gasteiger partial charge in [-0.1, -0.05) is 18.0 Å². The minimum absolute atomic E-state index is 0.601. The maximum atomic E-state index is 6.38. The SMILES string of the molecule is COc1ccc(-c2nc(Cl)c3c(n2)CCCCC3)cc1Br. The van der Waals surface area contributed by atoms with Crippen molar-refractivity contribution >= 4 is 27.5 Å². The Kier molecular flexibility index (Phi) is 4.45. The van der Waals surface area contributed by atoms with Crippen LogP contribution < -0.4 is 4.74 Å². The van der Waals surface area contributed by atoms with Crippen LogP contribution in [0.4, 0.5) is 0 Å². The van der Waals surface area contributed by atoms with Crippen molar-refractivity contribution < 1.29 is 4.74 Å². The Bertz CT molecular complexity index is 676. The molecule has 0 N–H and O–H groups in total. The van der Waals surface area contributed by atoms with Crippen LogP contribution in [-0.2, 0) is 12.8 Å². The van der Waals surface area contributed by atoms with Crippen molar-refractivity contribution in [2.24, 2.45) is 0 Å². The number of methoxy groups -OCH3 is 1. The average Bonchev–Trinajstić information content (AvgIpc) is 2.72. The second kappa shape index (κ2) is 6.32. The summed E-state index contributed by atoms with van der Waals surface area (Å²) in [6.07, 6.45) is 5.55. The molecular weight excluding hydrogens is 352 g/mol. The molecule has 2 aromatic rings. The van der Waals surface area contributed by atoms with Crippen molar-refractivity contribution in [3.05, 3.63) is 39.1 Å². The first-order valence-corrected chi connectivity index (χ1v) is 8.25. The lowest BCUT2D eigenvalue weighted by atomic mass is 10.1. The van der Waals surface area contributed by atoms with Gasteiger partial charge in [0.05, 0.1) is 11.6 Å². The van der Waals surface area contributed by atoms with E-state index in [1.54, 1.807) is 7.11 Å². The number of aryl methyl sites for hydroxylation is 1. The van der Waals surface area contributed by atoms with Crippen LogP contribution in [0.1, 0.15) is 30.5 Å². The molecule has 110 valence electrons. The van der Waals surface area contributed by atoms with Gasteiger partial charge < -0.3 is 4.74 Å². The maximum absolute atomic E-state index is 6.38. The molecule has 0 aliphatic heterocycles. The van der Waals surface area contributed by atoms with Gasteiger partial charge in [0, 0.05) is 16.8 Å². The third kappa shape index (κ3) is 3.06.